The Bertz CT molecular complexity index is 879. The van der Waals surface area contributed by atoms with Gasteiger partial charge in [0, 0.05) is 5.69 Å². The molecule has 0 heterocycles. The lowest BCUT2D eigenvalue weighted by atomic mass is 9.79. The monoisotopic (exact) mass is 380 g/mol. The van der Waals surface area contributed by atoms with Gasteiger partial charge in [0.05, 0.1) is 17.9 Å². The molecular formula is C22H21FN2O3. The average molecular weight is 380 g/mol. The molecule has 0 radical (unpaired) electrons. The summed E-state index contributed by atoms with van der Waals surface area (Å²) in [5.41, 5.74) is 1.34. The standard InChI is InChI=1S/C22H21FN2O3/c23-18-7-5-17(6-8-18)22(12-1-2-13-22)21(27)28-15-20(26)25-19-9-3-16(4-10-19)11-14-24/h3-10H,1-2,11-13,15H2,(H,25,26). The molecule has 28 heavy (non-hydrogen) atoms. The molecule has 0 aromatic heterocycles. The molecule has 1 N–H and O–H groups in total. The van der Waals surface area contributed by atoms with Gasteiger partial charge in [0.25, 0.3) is 5.91 Å². The average Bonchev–Trinajstić information content (AvgIpc) is 3.19. The lowest BCUT2D eigenvalue weighted by Crippen LogP contribution is -2.36. The van der Waals surface area contributed by atoms with Gasteiger partial charge in [-0.05, 0) is 48.2 Å². The number of halogens is 1. The van der Waals surface area contributed by atoms with Gasteiger partial charge in [-0.1, -0.05) is 37.1 Å². The molecule has 6 heteroatoms. The van der Waals surface area contributed by atoms with Gasteiger partial charge in [0.1, 0.15) is 5.82 Å². The van der Waals surface area contributed by atoms with Gasteiger partial charge in [0.15, 0.2) is 6.61 Å². The Kier molecular flexibility index (Phi) is 6.05. The van der Waals surface area contributed by atoms with Crippen molar-refractivity contribution in [3.05, 3.63) is 65.5 Å². The molecule has 3 rings (SSSR count). The zero-order valence-corrected chi connectivity index (χ0v) is 15.4. The number of ether oxygens (including phenoxy) is 1. The number of hydrogen-bond acceptors (Lipinski definition) is 4. The Morgan fingerprint density at radius 1 is 1.07 bits per heavy atom. The second-order valence-corrected chi connectivity index (χ2v) is 6.95. The first kappa shape index (κ1) is 19.6. The fourth-order valence-electron chi connectivity index (χ4n) is 3.62. The van der Waals surface area contributed by atoms with E-state index in [1.54, 1.807) is 36.4 Å². The molecule has 2 aromatic carbocycles. The van der Waals surface area contributed by atoms with Crippen LogP contribution in [0.4, 0.5) is 10.1 Å². The SMILES string of the molecule is N#CCc1ccc(NC(=O)COC(=O)C2(c3ccc(F)cc3)CCCC2)cc1. The Balaban J connectivity index is 1.60. The smallest absolute Gasteiger partial charge is 0.317 e. The summed E-state index contributed by atoms with van der Waals surface area (Å²) in [7, 11) is 0. The van der Waals surface area contributed by atoms with Crippen molar-refractivity contribution >= 4 is 17.6 Å². The summed E-state index contributed by atoms with van der Waals surface area (Å²) in [5, 5.41) is 11.3. The maximum Gasteiger partial charge on any atom is 0.317 e. The van der Waals surface area contributed by atoms with Crippen LogP contribution in [0.5, 0.6) is 0 Å². The number of anilines is 1. The van der Waals surface area contributed by atoms with Crippen molar-refractivity contribution in [2.75, 3.05) is 11.9 Å². The molecule has 2 aromatic rings. The van der Waals surface area contributed by atoms with Crippen LogP contribution in [0.3, 0.4) is 0 Å². The number of rotatable bonds is 6. The number of nitrogens with one attached hydrogen (secondary N) is 1. The zero-order valence-electron chi connectivity index (χ0n) is 15.4. The van der Waals surface area contributed by atoms with Gasteiger partial charge in [-0.3, -0.25) is 9.59 Å². The van der Waals surface area contributed by atoms with E-state index in [2.05, 4.69) is 11.4 Å². The van der Waals surface area contributed by atoms with E-state index in [1.165, 1.54) is 12.1 Å². The van der Waals surface area contributed by atoms with Gasteiger partial charge < -0.3 is 10.1 Å². The van der Waals surface area contributed by atoms with Crippen LogP contribution in [0.15, 0.2) is 48.5 Å². The predicted octanol–water partition coefficient (Wildman–Crippen LogP) is 3.89. The minimum Gasteiger partial charge on any atom is -0.455 e. The second-order valence-electron chi connectivity index (χ2n) is 6.95. The molecule has 1 amide bonds. The third-order valence-electron chi connectivity index (χ3n) is 5.10. The molecule has 5 nitrogen and oxygen atoms in total. The molecule has 0 bridgehead atoms. The highest BCUT2D eigenvalue weighted by atomic mass is 19.1. The molecule has 0 aliphatic heterocycles. The van der Waals surface area contributed by atoms with Crippen LogP contribution in [0.1, 0.15) is 36.8 Å². The molecule has 1 aliphatic rings. The van der Waals surface area contributed by atoms with E-state index in [0.29, 0.717) is 24.9 Å². The van der Waals surface area contributed by atoms with Crippen LogP contribution < -0.4 is 5.32 Å². The third-order valence-corrected chi connectivity index (χ3v) is 5.10. The first-order valence-electron chi connectivity index (χ1n) is 9.22. The van der Waals surface area contributed by atoms with Gasteiger partial charge in [0.2, 0.25) is 0 Å². The van der Waals surface area contributed by atoms with Gasteiger partial charge in [-0.15, -0.1) is 0 Å². The molecule has 1 saturated carbocycles. The summed E-state index contributed by atoms with van der Waals surface area (Å²) >= 11 is 0. The van der Waals surface area contributed by atoms with Crippen molar-refractivity contribution in [3.8, 4) is 6.07 Å². The van der Waals surface area contributed by atoms with Crippen LogP contribution in [0.2, 0.25) is 0 Å². The number of nitrogens with zero attached hydrogens (tertiary/aromatic N) is 1. The van der Waals surface area contributed by atoms with Gasteiger partial charge in [-0.25, -0.2) is 4.39 Å². The highest BCUT2D eigenvalue weighted by Gasteiger charge is 2.44. The van der Waals surface area contributed by atoms with Crippen LogP contribution in [0.25, 0.3) is 0 Å². The minimum atomic E-state index is -0.813. The first-order chi connectivity index (χ1) is 13.5. The van der Waals surface area contributed by atoms with Crippen LogP contribution in [-0.2, 0) is 26.2 Å². The van der Waals surface area contributed by atoms with E-state index in [4.69, 9.17) is 10.00 Å². The summed E-state index contributed by atoms with van der Waals surface area (Å²) in [6.07, 6.45) is 3.32. The molecule has 0 unspecified atom stereocenters. The van der Waals surface area contributed by atoms with Gasteiger partial charge >= 0.3 is 5.97 Å². The Morgan fingerprint density at radius 3 is 2.32 bits per heavy atom. The van der Waals surface area contributed by atoms with Crippen LogP contribution in [0, 0.1) is 17.1 Å². The summed E-state index contributed by atoms with van der Waals surface area (Å²) in [6.45, 7) is -0.387. The molecule has 144 valence electrons. The first-order valence-corrected chi connectivity index (χ1v) is 9.22. The van der Waals surface area contributed by atoms with E-state index in [-0.39, 0.29) is 12.4 Å². The highest BCUT2D eigenvalue weighted by molar-refractivity contribution is 5.94. The summed E-state index contributed by atoms with van der Waals surface area (Å²) in [6, 6.07) is 14.9. The number of carbonyl (C=O) groups is 2. The zero-order chi connectivity index (χ0) is 20.0. The summed E-state index contributed by atoms with van der Waals surface area (Å²) in [4.78, 5) is 24.9. The lowest BCUT2D eigenvalue weighted by Gasteiger charge is -2.27. The molecule has 1 fully saturated rings. The predicted molar refractivity (Wildman–Crippen MR) is 102 cm³/mol. The lowest BCUT2D eigenvalue weighted by molar-refractivity contribution is -0.153. The Hall–Kier alpha value is -3.20. The van der Waals surface area contributed by atoms with E-state index < -0.39 is 17.3 Å². The number of amides is 1. The van der Waals surface area contributed by atoms with E-state index in [1.807, 2.05) is 0 Å². The number of carbonyl (C=O) groups excluding carboxylic acids is 2. The van der Waals surface area contributed by atoms with Crippen molar-refractivity contribution in [1.29, 1.82) is 5.26 Å². The van der Waals surface area contributed by atoms with Crippen molar-refractivity contribution in [2.24, 2.45) is 0 Å². The molecule has 0 spiro atoms. The quantitative estimate of drug-likeness (QED) is 0.771. The number of benzene rings is 2. The van der Waals surface area contributed by atoms with Crippen molar-refractivity contribution in [3.63, 3.8) is 0 Å². The maximum absolute atomic E-state index is 13.2. The largest absolute Gasteiger partial charge is 0.455 e. The number of hydrogen-bond donors (Lipinski definition) is 1. The fourth-order valence-corrected chi connectivity index (χ4v) is 3.62. The minimum absolute atomic E-state index is 0.303. The number of esters is 1. The van der Waals surface area contributed by atoms with Crippen LogP contribution >= 0.6 is 0 Å². The normalized spacial score (nSPS) is 14.9. The molecule has 1 aliphatic carbocycles. The second kappa shape index (κ2) is 8.66. The molecule has 0 saturated heterocycles. The van der Waals surface area contributed by atoms with E-state index >= 15 is 0 Å². The van der Waals surface area contributed by atoms with Gasteiger partial charge in [-0.2, -0.15) is 5.26 Å². The molecular weight excluding hydrogens is 359 g/mol. The Morgan fingerprint density at radius 2 is 1.71 bits per heavy atom. The molecule has 0 atom stereocenters. The van der Waals surface area contributed by atoms with Crippen molar-refractivity contribution in [2.45, 2.75) is 37.5 Å². The van der Waals surface area contributed by atoms with E-state index in [0.717, 1.165) is 24.0 Å². The van der Waals surface area contributed by atoms with Crippen LogP contribution in [-0.4, -0.2) is 18.5 Å². The fraction of sp³-hybridized carbons (Fsp3) is 0.318. The van der Waals surface area contributed by atoms with Crippen molar-refractivity contribution < 1.29 is 18.7 Å². The summed E-state index contributed by atoms with van der Waals surface area (Å²) in [5.74, 6) is -1.24. The van der Waals surface area contributed by atoms with Crippen molar-refractivity contribution in [1.82, 2.24) is 0 Å². The topological polar surface area (TPSA) is 79.2 Å². The summed E-state index contributed by atoms with van der Waals surface area (Å²) < 4.78 is 18.6. The highest BCUT2D eigenvalue weighted by Crippen LogP contribution is 2.42. The number of nitriles is 1. The maximum atomic E-state index is 13.2. The van der Waals surface area contributed by atoms with E-state index in [9.17, 15) is 14.0 Å². The third kappa shape index (κ3) is 4.37. The Labute approximate surface area is 163 Å².